The second-order valence-corrected chi connectivity index (χ2v) is 5.24. The Balaban J connectivity index is 1.77. The van der Waals surface area contributed by atoms with Crippen molar-refractivity contribution in [2.24, 2.45) is 5.92 Å². The molecule has 2 rings (SSSR count). The van der Waals surface area contributed by atoms with Crippen molar-refractivity contribution in [3.63, 3.8) is 0 Å². The van der Waals surface area contributed by atoms with E-state index in [1.54, 1.807) is 6.20 Å². The van der Waals surface area contributed by atoms with Crippen molar-refractivity contribution in [1.29, 1.82) is 0 Å². The van der Waals surface area contributed by atoms with E-state index in [0.717, 1.165) is 31.7 Å². The van der Waals surface area contributed by atoms with Crippen LogP contribution in [0.5, 0.6) is 0 Å². The fourth-order valence-corrected chi connectivity index (χ4v) is 1.91. The van der Waals surface area contributed by atoms with Crippen LogP contribution in [-0.4, -0.2) is 21.1 Å². The Kier molecular flexibility index (Phi) is 5.10. The number of nitrogens with zero attached hydrogens (tertiary/aromatic N) is 3. The third kappa shape index (κ3) is 4.83. The molecule has 0 amide bonds. The molecule has 0 aliphatic carbocycles. The van der Waals surface area contributed by atoms with Gasteiger partial charge in [-0.1, -0.05) is 19.9 Å². The Morgan fingerprint density at radius 2 is 2.26 bits per heavy atom. The van der Waals surface area contributed by atoms with E-state index in [9.17, 15) is 0 Å². The molecule has 0 spiro atoms. The van der Waals surface area contributed by atoms with Gasteiger partial charge in [-0.25, -0.2) is 4.98 Å². The van der Waals surface area contributed by atoms with Gasteiger partial charge in [-0.15, -0.1) is 0 Å². The SMILES string of the molecule is CC(C)CNCc1cn(CCc2cccnc2)cn1. The summed E-state index contributed by atoms with van der Waals surface area (Å²) in [5, 5.41) is 3.40. The van der Waals surface area contributed by atoms with Gasteiger partial charge in [0.05, 0.1) is 12.0 Å². The second kappa shape index (κ2) is 7.04. The maximum atomic E-state index is 4.41. The quantitative estimate of drug-likeness (QED) is 0.828. The number of hydrogen-bond acceptors (Lipinski definition) is 3. The summed E-state index contributed by atoms with van der Waals surface area (Å²) in [6.45, 7) is 7.24. The predicted octanol–water partition coefficient (Wildman–Crippen LogP) is 2.27. The van der Waals surface area contributed by atoms with E-state index >= 15 is 0 Å². The highest BCUT2D eigenvalue weighted by Gasteiger charge is 2.00. The van der Waals surface area contributed by atoms with Crippen LogP contribution in [0.3, 0.4) is 0 Å². The van der Waals surface area contributed by atoms with Crippen LogP contribution in [0.15, 0.2) is 37.1 Å². The molecule has 1 N–H and O–H groups in total. The summed E-state index contributed by atoms with van der Waals surface area (Å²) in [5.41, 5.74) is 2.36. The fraction of sp³-hybridized carbons (Fsp3) is 0.467. The third-order valence-corrected chi connectivity index (χ3v) is 2.93. The Bertz CT molecular complexity index is 476. The molecule has 0 radical (unpaired) electrons. The number of aryl methyl sites for hydroxylation is 2. The van der Waals surface area contributed by atoms with Gasteiger partial charge < -0.3 is 9.88 Å². The fourth-order valence-electron chi connectivity index (χ4n) is 1.91. The first-order valence-electron chi connectivity index (χ1n) is 6.84. The largest absolute Gasteiger partial charge is 0.337 e. The van der Waals surface area contributed by atoms with Crippen LogP contribution in [0.25, 0.3) is 0 Å². The average Bonchev–Trinajstić information content (AvgIpc) is 2.85. The molecule has 0 saturated heterocycles. The zero-order chi connectivity index (χ0) is 13.5. The van der Waals surface area contributed by atoms with Crippen molar-refractivity contribution < 1.29 is 0 Å². The first kappa shape index (κ1) is 13.7. The van der Waals surface area contributed by atoms with Crippen LogP contribution in [0, 0.1) is 5.92 Å². The van der Waals surface area contributed by atoms with E-state index in [4.69, 9.17) is 0 Å². The minimum atomic E-state index is 0.674. The first-order valence-corrected chi connectivity index (χ1v) is 6.84. The van der Waals surface area contributed by atoms with E-state index in [1.165, 1.54) is 5.56 Å². The Morgan fingerprint density at radius 1 is 1.37 bits per heavy atom. The highest BCUT2D eigenvalue weighted by Crippen LogP contribution is 2.02. The van der Waals surface area contributed by atoms with E-state index in [-0.39, 0.29) is 0 Å². The lowest BCUT2D eigenvalue weighted by Gasteiger charge is -2.05. The Hall–Kier alpha value is -1.68. The molecule has 102 valence electrons. The zero-order valence-corrected chi connectivity index (χ0v) is 11.7. The van der Waals surface area contributed by atoms with Gasteiger partial charge in [-0.3, -0.25) is 4.98 Å². The molecule has 4 nitrogen and oxygen atoms in total. The molecular formula is C15H22N4. The van der Waals surface area contributed by atoms with Gasteiger partial charge in [0.15, 0.2) is 0 Å². The maximum absolute atomic E-state index is 4.41. The van der Waals surface area contributed by atoms with Gasteiger partial charge in [-0.2, -0.15) is 0 Å². The van der Waals surface area contributed by atoms with Crippen molar-refractivity contribution in [1.82, 2.24) is 19.9 Å². The van der Waals surface area contributed by atoms with E-state index < -0.39 is 0 Å². The van der Waals surface area contributed by atoms with Crippen LogP contribution in [0.1, 0.15) is 25.1 Å². The summed E-state index contributed by atoms with van der Waals surface area (Å²) < 4.78 is 2.14. The monoisotopic (exact) mass is 258 g/mol. The van der Waals surface area contributed by atoms with Gasteiger partial charge >= 0.3 is 0 Å². The van der Waals surface area contributed by atoms with Crippen molar-refractivity contribution in [2.75, 3.05) is 6.54 Å². The molecule has 19 heavy (non-hydrogen) atoms. The Morgan fingerprint density at radius 3 is 3.00 bits per heavy atom. The third-order valence-electron chi connectivity index (χ3n) is 2.93. The zero-order valence-electron chi connectivity index (χ0n) is 11.7. The summed E-state index contributed by atoms with van der Waals surface area (Å²) in [7, 11) is 0. The second-order valence-electron chi connectivity index (χ2n) is 5.24. The molecular weight excluding hydrogens is 236 g/mol. The molecule has 0 saturated carbocycles. The number of rotatable bonds is 7. The molecule has 4 heteroatoms. The number of imidazole rings is 1. The standard InChI is InChI=1S/C15H22N4/c1-13(2)8-17-10-15-11-19(12-18-15)7-5-14-4-3-6-16-9-14/h3-4,6,9,11-13,17H,5,7-8,10H2,1-2H3. The lowest BCUT2D eigenvalue weighted by Crippen LogP contribution is -2.19. The maximum Gasteiger partial charge on any atom is 0.0950 e. The highest BCUT2D eigenvalue weighted by molar-refractivity contribution is 5.08. The average molecular weight is 258 g/mol. The van der Waals surface area contributed by atoms with Crippen LogP contribution < -0.4 is 5.32 Å². The van der Waals surface area contributed by atoms with Crippen LogP contribution in [0.2, 0.25) is 0 Å². The summed E-state index contributed by atoms with van der Waals surface area (Å²) in [4.78, 5) is 8.53. The summed E-state index contributed by atoms with van der Waals surface area (Å²) in [5.74, 6) is 0.674. The summed E-state index contributed by atoms with van der Waals surface area (Å²) >= 11 is 0. The minimum Gasteiger partial charge on any atom is -0.337 e. The molecule has 2 heterocycles. The van der Waals surface area contributed by atoms with Gasteiger partial charge in [0.1, 0.15) is 0 Å². The van der Waals surface area contributed by atoms with Gasteiger partial charge in [0.2, 0.25) is 0 Å². The van der Waals surface area contributed by atoms with Crippen LogP contribution in [-0.2, 0) is 19.5 Å². The van der Waals surface area contributed by atoms with E-state index in [1.807, 2.05) is 18.6 Å². The molecule has 0 aromatic carbocycles. The molecule has 2 aromatic rings. The predicted molar refractivity (Wildman–Crippen MR) is 76.7 cm³/mol. The van der Waals surface area contributed by atoms with Gasteiger partial charge in [-0.05, 0) is 30.5 Å². The van der Waals surface area contributed by atoms with Crippen LogP contribution in [0.4, 0.5) is 0 Å². The molecule has 0 atom stereocenters. The topological polar surface area (TPSA) is 42.7 Å². The molecule has 0 aliphatic heterocycles. The van der Waals surface area contributed by atoms with Gasteiger partial charge in [0, 0.05) is 31.7 Å². The number of hydrogen-bond donors (Lipinski definition) is 1. The smallest absolute Gasteiger partial charge is 0.0950 e. The van der Waals surface area contributed by atoms with Gasteiger partial charge in [0.25, 0.3) is 0 Å². The molecule has 0 bridgehead atoms. The summed E-state index contributed by atoms with van der Waals surface area (Å²) in [6, 6.07) is 4.08. The highest BCUT2D eigenvalue weighted by atomic mass is 15.0. The molecule has 0 unspecified atom stereocenters. The lowest BCUT2D eigenvalue weighted by molar-refractivity contribution is 0.548. The van der Waals surface area contributed by atoms with Crippen molar-refractivity contribution in [3.8, 4) is 0 Å². The van der Waals surface area contributed by atoms with Crippen molar-refractivity contribution >= 4 is 0 Å². The van der Waals surface area contributed by atoms with Crippen LogP contribution >= 0.6 is 0 Å². The number of aromatic nitrogens is 3. The molecule has 2 aromatic heterocycles. The molecule has 0 fully saturated rings. The van der Waals surface area contributed by atoms with Crippen molar-refractivity contribution in [2.45, 2.75) is 33.4 Å². The van der Waals surface area contributed by atoms with E-state index in [2.05, 4.69) is 46.0 Å². The number of pyridine rings is 1. The van der Waals surface area contributed by atoms with Crippen molar-refractivity contribution in [3.05, 3.63) is 48.3 Å². The molecule has 0 aliphatic rings. The minimum absolute atomic E-state index is 0.674. The van der Waals surface area contributed by atoms with E-state index in [0.29, 0.717) is 5.92 Å². The number of nitrogens with one attached hydrogen (secondary N) is 1. The Labute approximate surface area is 114 Å². The summed E-state index contributed by atoms with van der Waals surface area (Å²) in [6.07, 6.45) is 8.73. The first-order chi connectivity index (χ1) is 9.24. The lowest BCUT2D eigenvalue weighted by atomic mass is 10.2. The normalized spacial score (nSPS) is 11.1.